The molecule has 0 saturated heterocycles. The molecule has 88 valence electrons. The number of nitrogens with one attached hydrogen (secondary N) is 1. The summed E-state index contributed by atoms with van der Waals surface area (Å²) in [5.41, 5.74) is 0.660. The van der Waals surface area contributed by atoms with Crippen molar-refractivity contribution in [1.82, 2.24) is 10.2 Å². The summed E-state index contributed by atoms with van der Waals surface area (Å²) in [5, 5.41) is 11.8. The Kier molecular flexibility index (Phi) is 3.75. The van der Waals surface area contributed by atoms with E-state index in [0.717, 1.165) is 9.90 Å². The Morgan fingerprint density at radius 2 is 2.12 bits per heavy atom. The zero-order valence-corrected chi connectivity index (χ0v) is 11.1. The molecule has 0 unspecified atom stereocenters. The van der Waals surface area contributed by atoms with Crippen LogP contribution in [0.3, 0.4) is 0 Å². The summed E-state index contributed by atoms with van der Waals surface area (Å²) in [6.45, 7) is 1.85. The minimum Gasteiger partial charge on any atom is -0.296 e. The van der Waals surface area contributed by atoms with Crippen molar-refractivity contribution >= 4 is 34.1 Å². The van der Waals surface area contributed by atoms with E-state index in [-0.39, 0.29) is 5.91 Å². The molecular formula is C11H11N3OS2. The number of hydrogen-bond donors (Lipinski definition) is 1. The summed E-state index contributed by atoms with van der Waals surface area (Å²) >= 11 is 2.91. The van der Waals surface area contributed by atoms with Crippen molar-refractivity contribution in [1.29, 1.82) is 0 Å². The SMILES string of the molecule is CSc1ccccc1C(=O)Nc1nnc(C)s1. The van der Waals surface area contributed by atoms with Gasteiger partial charge in [-0.3, -0.25) is 10.1 Å². The van der Waals surface area contributed by atoms with Crippen LogP contribution in [0.25, 0.3) is 0 Å². The molecule has 0 aliphatic heterocycles. The van der Waals surface area contributed by atoms with Gasteiger partial charge in [-0.05, 0) is 25.3 Å². The molecule has 17 heavy (non-hydrogen) atoms. The summed E-state index contributed by atoms with van der Waals surface area (Å²) < 4.78 is 0. The topological polar surface area (TPSA) is 54.9 Å². The number of aryl methyl sites for hydroxylation is 1. The van der Waals surface area contributed by atoms with Gasteiger partial charge in [0.25, 0.3) is 5.91 Å². The minimum atomic E-state index is -0.147. The molecular weight excluding hydrogens is 254 g/mol. The van der Waals surface area contributed by atoms with Crippen molar-refractivity contribution < 1.29 is 4.79 Å². The lowest BCUT2D eigenvalue weighted by Crippen LogP contribution is -2.12. The second-order valence-corrected chi connectivity index (χ2v) is 5.31. The first-order chi connectivity index (χ1) is 8.20. The van der Waals surface area contributed by atoms with E-state index in [1.807, 2.05) is 31.4 Å². The summed E-state index contributed by atoms with van der Waals surface area (Å²) in [5.74, 6) is -0.147. The van der Waals surface area contributed by atoms with E-state index in [1.165, 1.54) is 11.3 Å². The Bertz CT molecular complexity index is 539. The lowest BCUT2D eigenvalue weighted by Gasteiger charge is -2.05. The van der Waals surface area contributed by atoms with E-state index in [2.05, 4.69) is 15.5 Å². The van der Waals surface area contributed by atoms with Crippen molar-refractivity contribution in [3.05, 3.63) is 34.8 Å². The largest absolute Gasteiger partial charge is 0.296 e. The van der Waals surface area contributed by atoms with Gasteiger partial charge in [0.05, 0.1) is 5.56 Å². The molecule has 1 amide bonds. The Hall–Kier alpha value is -1.40. The molecule has 0 fully saturated rings. The van der Waals surface area contributed by atoms with E-state index in [9.17, 15) is 4.79 Å². The third kappa shape index (κ3) is 2.83. The molecule has 0 atom stereocenters. The van der Waals surface area contributed by atoms with E-state index >= 15 is 0 Å². The third-order valence-corrected chi connectivity index (χ3v) is 3.65. The molecule has 0 aliphatic rings. The van der Waals surface area contributed by atoms with Crippen LogP contribution in [0.2, 0.25) is 0 Å². The van der Waals surface area contributed by atoms with Gasteiger partial charge in [0.2, 0.25) is 5.13 Å². The van der Waals surface area contributed by atoms with Crippen LogP contribution in [0.15, 0.2) is 29.2 Å². The minimum absolute atomic E-state index is 0.147. The molecule has 0 bridgehead atoms. The number of thioether (sulfide) groups is 1. The Balaban J connectivity index is 2.20. The van der Waals surface area contributed by atoms with Gasteiger partial charge in [-0.15, -0.1) is 22.0 Å². The van der Waals surface area contributed by atoms with Gasteiger partial charge in [-0.1, -0.05) is 23.5 Å². The Labute approximate surface area is 107 Å². The van der Waals surface area contributed by atoms with Crippen molar-refractivity contribution in [2.75, 3.05) is 11.6 Å². The van der Waals surface area contributed by atoms with Crippen LogP contribution in [-0.2, 0) is 0 Å². The quantitative estimate of drug-likeness (QED) is 0.867. The first-order valence-electron chi connectivity index (χ1n) is 4.95. The van der Waals surface area contributed by atoms with Gasteiger partial charge in [0.1, 0.15) is 5.01 Å². The van der Waals surface area contributed by atoms with Crippen LogP contribution in [-0.4, -0.2) is 22.4 Å². The van der Waals surface area contributed by atoms with Gasteiger partial charge in [-0.2, -0.15) is 0 Å². The highest BCUT2D eigenvalue weighted by atomic mass is 32.2. The zero-order chi connectivity index (χ0) is 12.3. The average Bonchev–Trinajstić information content (AvgIpc) is 2.74. The molecule has 0 aliphatic carbocycles. The molecule has 6 heteroatoms. The van der Waals surface area contributed by atoms with Crippen LogP contribution in [0.1, 0.15) is 15.4 Å². The monoisotopic (exact) mass is 265 g/mol. The van der Waals surface area contributed by atoms with Crippen molar-refractivity contribution in [3.8, 4) is 0 Å². The van der Waals surface area contributed by atoms with Crippen molar-refractivity contribution in [2.24, 2.45) is 0 Å². The van der Waals surface area contributed by atoms with Gasteiger partial charge in [-0.25, -0.2) is 0 Å². The fourth-order valence-corrected chi connectivity index (χ4v) is 2.53. The van der Waals surface area contributed by atoms with Crippen LogP contribution in [0.4, 0.5) is 5.13 Å². The standard InChI is InChI=1S/C11H11N3OS2/c1-7-13-14-11(17-7)12-10(15)8-5-3-4-6-9(8)16-2/h3-6H,1-2H3,(H,12,14,15). The van der Waals surface area contributed by atoms with E-state index in [0.29, 0.717) is 10.7 Å². The molecule has 2 aromatic rings. The number of carbonyl (C=O) groups is 1. The summed E-state index contributed by atoms with van der Waals surface area (Å²) in [6, 6.07) is 7.48. The number of carbonyl (C=O) groups excluding carboxylic acids is 1. The maximum atomic E-state index is 12.0. The molecule has 1 aromatic carbocycles. The average molecular weight is 265 g/mol. The predicted molar refractivity (Wildman–Crippen MR) is 70.8 cm³/mol. The van der Waals surface area contributed by atoms with Crippen LogP contribution in [0.5, 0.6) is 0 Å². The maximum absolute atomic E-state index is 12.0. The van der Waals surface area contributed by atoms with Crippen molar-refractivity contribution in [2.45, 2.75) is 11.8 Å². The summed E-state index contributed by atoms with van der Waals surface area (Å²) in [4.78, 5) is 13.0. The zero-order valence-electron chi connectivity index (χ0n) is 9.43. The smallest absolute Gasteiger partial charge is 0.258 e. The molecule has 1 heterocycles. The van der Waals surface area contributed by atoms with Crippen LogP contribution < -0.4 is 5.32 Å². The highest BCUT2D eigenvalue weighted by Gasteiger charge is 2.12. The first kappa shape index (κ1) is 12.1. The van der Waals surface area contributed by atoms with Crippen LogP contribution in [0, 0.1) is 6.92 Å². The number of rotatable bonds is 3. The Morgan fingerprint density at radius 3 is 2.76 bits per heavy atom. The maximum Gasteiger partial charge on any atom is 0.258 e. The van der Waals surface area contributed by atoms with Crippen molar-refractivity contribution in [3.63, 3.8) is 0 Å². The first-order valence-corrected chi connectivity index (χ1v) is 6.99. The summed E-state index contributed by atoms with van der Waals surface area (Å²) in [7, 11) is 0. The second kappa shape index (κ2) is 5.29. The highest BCUT2D eigenvalue weighted by Crippen LogP contribution is 2.21. The molecule has 0 spiro atoms. The highest BCUT2D eigenvalue weighted by molar-refractivity contribution is 7.98. The number of aromatic nitrogens is 2. The molecule has 0 saturated carbocycles. The molecule has 1 N–H and O–H groups in total. The van der Waals surface area contributed by atoms with E-state index < -0.39 is 0 Å². The van der Waals surface area contributed by atoms with Gasteiger partial charge < -0.3 is 0 Å². The number of anilines is 1. The lowest BCUT2D eigenvalue weighted by molar-refractivity contribution is 0.102. The van der Waals surface area contributed by atoms with E-state index in [4.69, 9.17) is 0 Å². The number of benzene rings is 1. The predicted octanol–water partition coefficient (Wildman–Crippen LogP) is 2.82. The fourth-order valence-electron chi connectivity index (χ4n) is 1.34. The molecule has 4 nitrogen and oxygen atoms in total. The van der Waals surface area contributed by atoms with Gasteiger partial charge in [0.15, 0.2) is 0 Å². The second-order valence-electron chi connectivity index (χ2n) is 3.28. The molecule has 0 radical (unpaired) electrons. The van der Waals surface area contributed by atoms with E-state index in [1.54, 1.807) is 17.8 Å². The van der Waals surface area contributed by atoms with Gasteiger partial charge in [0, 0.05) is 4.90 Å². The normalized spacial score (nSPS) is 10.2. The van der Waals surface area contributed by atoms with Gasteiger partial charge >= 0.3 is 0 Å². The lowest BCUT2D eigenvalue weighted by atomic mass is 10.2. The number of hydrogen-bond acceptors (Lipinski definition) is 5. The summed E-state index contributed by atoms with van der Waals surface area (Å²) in [6.07, 6.45) is 1.95. The fraction of sp³-hybridized carbons (Fsp3) is 0.182. The molecule has 2 rings (SSSR count). The molecule has 1 aromatic heterocycles. The Morgan fingerprint density at radius 1 is 1.35 bits per heavy atom. The van der Waals surface area contributed by atoms with Crippen LogP contribution >= 0.6 is 23.1 Å². The number of nitrogens with zero attached hydrogens (tertiary/aromatic N) is 2. The third-order valence-electron chi connectivity index (χ3n) is 2.10. The number of amides is 1.